The first kappa shape index (κ1) is 15.0. The number of ether oxygens (including phenoxy) is 1. The molecule has 0 aliphatic heterocycles. The molecule has 0 bridgehead atoms. The lowest BCUT2D eigenvalue weighted by Crippen LogP contribution is -2.14. The summed E-state index contributed by atoms with van der Waals surface area (Å²) in [6.45, 7) is 3.25. The van der Waals surface area contributed by atoms with E-state index in [9.17, 15) is 9.90 Å². The maximum atomic E-state index is 11.2. The van der Waals surface area contributed by atoms with E-state index in [1.807, 2.05) is 0 Å². The first-order valence-corrected chi connectivity index (χ1v) is 6.59. The molecular weight excluding hydrogens is 252 g/mol. The van der Waals surface area contributed by atoms with E-state index in [-0.39, 0.29) is 0 Å². The average Bonchev–Trinajstić information content (AvgIpc) is 2.33. The van der Waals surface area contributed by atoms with Gasteiger partial charge in [-0.3, -0.25) is 4.79 Å². The number of halogens is 1. The van der Waals surface area contributed by atoms with Crippen LogP contribution in [-0.4, -0.2) is 24.3 Å². The standard InChI is InChI=1S/C14H19ClO3/c1-2-3-8-18-9-7-13(14(16)17)11-5-4-6-12(15)10-11/h4-6,10,13H,2-3,7-9H2,1H3,(H,16,17). The third kappa shape index (κ3) is 5.07. The summed E-state index contributed by atoms with van der Waals surface area (Å²) in [5, 5.41) is 9.78. The summed E-state index contributed by atoms with van der Waals surface area (Å²) < 4.78 is 5.41. The number of hydrogen-bond acceptors (Lipinski definition) is 2. The lowest BCUT2D eigenvalue weighted by molar-refractivity contribution is -0.139. The minimum Gasteiger partial charge on any atom is -0.481 e. The van der Waals surface area contributed by atoms with Crippen LogP contribution in [0.2, 0.25) is 5.02 Å². The summed E-state index contributed by atoms with van der Waals surface area (Å²) in [4.78, 5) is 11.2. The van der Waals surface area contributed by atoms with Crippen molar-refractivity contribution in [3.05, 3.63) is 34.9 Å². The summed E-state index contributed by atoms with van der Waals surface area (Å²) in [6.07, 6.45) is 2.56. The number of benzene rings is 1. The van der Waals surface area contributed by atoms with Crippen molar-refractivity contribution in [2.45, 2.75) is 32.1 Å². The number of carbonyl (C=O) groups is 1. The van der Waals surface area contributed by atoms with E-state index in [1.54, 1.807) is 24.3 Å². The van der Waals surface area contributed by atoms with Crippen molar-refractivity contribution in [2.24, 2.45) is 0 Å². The molecular formula is C14H19ClO3. The molecule has 0 amide bonds. The normalized spacial score (nSPS) is 12.3. The topological polar surface area (TPSA) is 46.5 Å². The number of aliphatic carboxylic acids is 1. The van der Waals surface area contributed by atoms with Gasteiger partial charge in [-0.1, -0.05) is 37.1 Å². The third-order valence-corrected chi connectivity index (χ3v) is 2.98. The maximum Gasteiger partial charge on any atom is 0.311 e. The van der Waals surface area contributed by atoms with Gasteiger partial charge in [-0.15, -0.1) is 0 Å². The predicted molar refractivity (Wildman–Crippen MR) is 72.2 cm³/mol. The van der Waals surface area contributed by atoms with Crippen LogP contribution >= 0.6 is 11.6 Å². The molecule has 0 saturated heterocycles. The molecule has 0 spiro atoms. The Balaban J connectivity index is 2.53. The van der Waals surface area contributed by atoms with Crippen LogP contribution in [0.1, 0.15) is 37.7 Å². The molecule has 1 aromatic rings. The van der Waals surface area contributed by atoms with Gasteiger partial charge in [0, 0.05) is 18.2 Å². The maximum absolute atomic E-state index is 11.2. The zero-order chi connectivity index (χ0) is 13.4. The molecule has 1 aromatic carbocycles. The molecule has 0 fully saturated rings. The van der Waals surface area contributed by atoms with Gasteiger partial charge in [0.1, 0.15) is 0 Å². The zero-order valence-corrected chi connectivity index (χ0v) is 11.3. The molecule has 1 N–H and O–H groups in total. The lowest BCUT2D eigenvalue weighted by Gasteiger charge is -2.13. The second-order valence-corrected chi connectivity index (χ2v) is 4.64. The molecule has 18 heavy (non-hydrogen) atoms. The molecule has 0 aliphatic rings. The summed E-state index contributed by atoms with van der Waals surface area (Å²) >= 11 is 5.87. The van der Waals surface area contributed by atoms with E-state index in [4.69, 9.17) is 16.3 Å². The highest BCUT2D eigenvalue weighted by Gasteiger charge is 2.19. The zero-order valence-electron chi connectivity index (χ0n) is 10.6. The van der Waals surface area contributed by atoms with Crippen LogP contribution in [0.4, 0.5) is 0 Å². The van der Waals surface area contributed by atoms with Crippen molar-refractivity contribution < 1.29 is 14.6 Å². The van der Waals surface area contributed by atoms with Crippen LogP contribution in [0, 0.1) is 0 Å². The van der Waals surface area contributed by atoms with Gasteiger partial charge in [-0.25, -0.2) is 0 Å². The molecule has 100 valence electrons. The SMILES string of the molecule is CCCCOCCC(C(=O)O)c1cccc(Cl)c1. The molecule has 4 heteroatoms. The Morgan fingerprint density at radius 3 is 2.83 bits per heavy atom. The monoisotopic (exact) mass is 270 g/mol. The van der Waals surface area contributed by atoms with Gasteiger partial charge in [0.15, 0.2) is 0 Å². The minimum atomic E-state index is -0.837. The van der Waals surface area contributed by atoms with Crippen molar-refractivity contribution in [2.75, 3.05) is 13.2 Å². The molecule has 1 unspecified atom stereocenters. The van der Waals surface area contributed by atoms with Gasteiger partial charge in [0.2, 0.25) is 0 Å². The third-order valence-electron chi connectivity index (χ3n) is 2.74. The fourth-order valence-corrected chi connectivity index (χ4v) is 1.90. The van der Waals surface area contributed by atoms with Gasteiger partial charge < -0.3 is 9.84 Å². The molecule has 0 aromatic heterocycles. The quantitative estimate of drug-likeness (QED) is 0.733. The molecule has 1 rings (SSSR count). The fraction of sp³-hybridized carbons (Fsp3) is 0.500. The van der Waals surface area contributed by atoms with Gasteiger partial charge in [-0.05, 0) is 30.5 Å². The van der Waals surface area contributed by atoms with Crippen LogP contribution in [-0.2, 0) is 9.53 Å². The van der Waals surface area contributed by atoms with Crippen molar-refractivity contribution in [3.63, 3.8) is 0 Å². The molecule has 1 atom stereocenters. The summed E-state index contributed by atoms with van der Waals surface area (Å²) in [5.74, 6) is -1.39. The van der Waals surface area contributed by atoms with Crippen molar-refractivity contribution in [3.8, 4) is 0 Å². The van der Waals surface area contributed by atoms with E-state index < -0.39 is 11.9 Å². The largest absolute Gasteiger partial charge is 0.481 e. The number of unbranched alkanes of at least 4 members (excludes halogenated alkanes) is 1. The lowest BCUT2D eigenvalue weighted by atomic mass is 9.96. The number of rotatable bonds is 8. The molecule has 0 heterocycles. The highest BCUT2D eigenvalue weighted by atomic mass is 35.5. The van der Waals surface area contributed by atoms with Gasteiger partial charge in [-0.2, -0.15) is 0 Å². The summed E-state index contributed by atoms with van der Waals surface area (Å²) in [6, 6.07) is 7.00. The predicted octanol–water partition coefficient (Wildman–Crippen LogP) is 3.72. The molecule has 0 radical (unpaired) electrons. The van der Waals surface area contributed by atoms with E-state index in [2.05, 4.69) is 6.92 Å². The highest BCUT2D eigenvalue weighted by Crippen LogP contribution is 2.23. The second kappa shape index (κ2) is 8.11. The van der Waals surface area contributed by atoms with Gasteiger partial charge in [0.05, 0.1) is 5.92 Å². The fourth-order valence-electron chi connectivity index (χ4n) is 1.71. The van der Waals surface area contributed by atoms with E-state index in [0.29, 0.717) is 24.7 Å². The Hall–Kier alpha value is -1.06. The number of carboxylic acid groups (broad SMARTS) is 1. The Kier molecular flexibility index (Phi) is 6.76. The Morgan fingerprint density at radius 2 is 2.22 bits per heavy atom. The van der Waals surface area contributed by atoms with Crippen LogP contribution in [0.3, 0.4) is 0 Å². The van der Waals surface area contributed by atoms with E-state index >= 15 is 0 Å². The summed E-state index contributed by atoms with van der Waals surface area (Å²) in [5.41, 5.74) is 0.731. The average molecular weight is 271 g/mol. The first-order chi connectivity index (χ1) is 8.65. The highest BCUT2D eigenvalue weighted by molar-refractivity contribution is 6.30. The smallest absolute Gasteiger partial charge is 0.311 e. The van der Waals surface area contributed by atoms with Crippen LogP contribution < -0.4 is 0 Å². The summed E-state index contributed by atoms with van der Waals surface area (Å²) in [7, 11) is 0. The van der Waals surface area contributed by atoms with Crippen molar-refractivity contribution in [1.82, 2.24) is 0 Å². The van der Waals surface area contributed by atoms with Gasteiger partial charge >= 0.3 is 5.97 Å². The Morgan fingerprint density at radius 1 is 1.44 bits per heavy atom. The van der Waals surface area contributed by atoms with Crippen LogP contribution in [0.15, 0.2) is 24.3 Å². The van der Waals surface area contributed by atoms with E-state index in [1.165, 1.54) is 0 Å². The van der Waals surface area contributed by atoms with E-state index in [0.717, 1.165) is 18.4 Å². The van der Waals surface area contributed by atoms with Crippen molar-refractivity contribution >= 4 is 17.6 Å². The van der Waals surface area contributed by atoms with Crippen LogP contribution in [0.5, 0.6) is 0 Å². The number of hydrogen-bond donors (Lipinski definition) is 1. The molecule has 3 nitrogen and oxygen atoms in total. The Labute approximate surface area is 113 Å². The molecule has 0 saturated carbocycles. The Bertz CT molecular complexity index is 379. The first-order valence-electron chi connectivity index (χ1n) is 6.21. The van der Waals surface area contributed by atoms with Crippen LogP contribution in [0.25, 0.3) is 0 Å². The van der Waals surface area contributed by atoms with Gasteiger partial charge in [0.25, 0.3) is 0 Å². The number of carboxylic acids is 1. The second-order valence-electron chi connectivity index (χ2n) is 4.20. The van der Waals surface area contributed by atoms with Crippen molar-refractivity contribution in [1.29, 1.82) is 0 Å². The molecule has 0 aliphatic carbocycles. The minimum absolute atomic E-state index is 0.462.